The van der Waals surface area contributed by atoms with Crippen LogP contribution in [0, 0.1) is 5.41 Å². The van der Waals surface area contributed by atoms with Gasteiger partial charge in [-0.3, -0.25) is 4.98 Å². The molecule has 0 unspecified atom stereocenters. The van der Waals surface area contributed by atoms with E-state index in [-0.39, 0.29) is 11.5 Å². The fourth-order valence-corrected chi connectivity index (χ4v) is 2.80. The maximum Gasteiger partial charge on any atom is 0.410 e. The fourth-order valence-electron chi connectivity index (χ4n) is 2.80. The van der Waals surface area contributed by atoms with E-state index in [1.165, 1.54) is 0 Å². The van der Waals surface area contributed by atoms with Crippen LogP contribution in [0.25, 0.3) is 0 Å². The molecule has 2 fully saturated rings. The zero-order valence-electron chi connectivity index (χ0n) is 12.2. The molecule has 0 radical (unpaired) electrons. The predicted molar refractivity (Wildman–Crippen MR) is 74.5 cm³/mol. The summed E-state index contributed by atoms with van der Waals surface area (Å²) in [7, 11) is 0. The molecular weight excluding hydrogens is 256 g/mol. The SMILES string of the molecule is CC(C)(C)OC(=O)N1CC2(C1)CN(c1cnccn1)C2. The lowest BCUT2D eigenvalue weighted by molar-refractivity contribution is -0.0454. The molecule has 108 valence electrons. The number of nitrogens with zero attached hydrogens (tertiary/aromatic N) is 4. The maximum atomic E-state index is 11.9. The average Bonchev–Trinajstić information content (AvgIpc) is 2.24. The van der Waals surface area contributed by atoms with Gasteiger partial charge in [0.05, 0.1) is 6.20 Å². The number of aromatic nitrogens is 2. The lowest BCUT2D eigenvalue weighted by Crippen LogP contribution is -2.73. The predicted octanol–water partition coefficient (Wildman–Crippen LogP) is 1.53. The third kappa shape index (κ3) is 2.42. The highest BCUT2D eigenvalue weighted by atomic mass is 16.6. The van der Waals surface area contributed by atoms with E-state index in [2.05, 4.69) is 14.9 Å². The molecule has 1 amide bonds. The minimum absolute atomic E-state index is 0.207. The van der Waals surface area contributed by atoms with Crippen LogP contribution < -0.4 is 4.90 Å². The standard InChI is InChI=1S/C14H20N4O2/c1-13(2,3)20-12(19)18-9-14(10-18)7-17(8-14)11-6-15-4-5-16-11/h4-6H,7-10H2,1-3H3. The van der Waals surface area contributed by atoms with Gasteiger partial charge in [-0.25, -0.2) is 9.78 Å². The summed E-state index contributed by atoms with van der Waals surface area (Å²) in [6, 6.07) is 0. The van der Waals surface area contributed by atoms with Crippen molar-refractivity contribution in [1.82, 2.24) is 14.9 Å². The van der Waals surface area contributed by atoms with Gasteiger partial charge in [-0.05, 0) is 20.8 Å². The first kappa shape index (κ1) is 13.1. The summed E-state index contributed by atoms with van der Waals surface area (Å²) in [5.41, 5.74) is -0.195. The molecule has 3 rings (SSSR count). The number of rotatable bonds is 1. The van der Waals surface area contributed by atoms with E-state index in [9.17, 15) is 4.79 Å². The molecule has 0 N–H and O–H groups in total. The summed E-state index contributed by atoms with van der Waals surface area (Å²) < 4.78 is 5.37. The van der Waals surface area contributed by atoms with Gasteiger partial charge < -0.3 is 14.5 Å². The molecule has 1 aromatic heterocycles. The van der Waals surface area contributed by atoms with Gasteiger partial charge in [0.25, 0.3) is 0 Å². The van der Waals surface area contributed by atoms with Crippen molar-refractivity contribution < 1.29 is 9.53 Å². The van der Waals surface area contributed by atoms with Gasteiger partial charge in [-0.1, -0.05) is 0 Å². The third-order valence-electron chi connectivity index (χ3n) is 3.63. The highest BCUT2D eigenvalue weighted by Gasteiger charge is 2.54. The van der Waals surface area contributed by atoms with Crippen molar-refractivity contribution in [2.45, 2.75) is 26.4 Å². The zero-order chi connectivity index (χ0) is 14.4. The summed E-state index contributed by atoms with van der Waals surface area (Å²) in [5, 5.41) is 0. The van der Waals surface area contributed by atoms with E-state index in [4.69, 9.17) is 4.74 Å². The summed E-state index contributed by atoms with van der Waals surface area (Å²) in [5.74, 6) is 0.911. The topological polar surface area (TPSA) is 58.6 Å². The first-order valence-electron chi connectivity index (χ1n) is 6.86. The van der Waals surface area contributed by atoms with Crippen molar-refractivity contribution in [2.24, 2.45) is 5.41 Å². The van der Waals surface area contributed by atoms with Gasteiger partial charge in [-0.2, -0.15) is 0 Å². The van der Waals surface area contributed by atoms with E-state index < -0.39 is 5.60 Å². The van der Waals surface area contributed by atoms with Gasteiger partial charge >= 0.3 is 6.09 Å². The van der Waals surface area contributed by atoms with E-state index in [0.717, 1.165) is 32.0 Å². The Morgan fingerprint density at radius 2 is 1.95 bits per heavy atom. The van der Waals surface area contributed by atoms with Crippen LogP contribution in [0.5, 0.6) is 0 Å². The van der Waals surface area contributed by atoms with Crippen LogP contribution in [-0.4, -0.2) is 52.7 Å². The molecule has 3 heterocycles. The molecule has 1 aromatic rings. The third-order valence-corrected chi connectivity index (χ3v) is 3.63. The average molecular weight is 276 g/mol. The van der Waals surface area contributed by atoms with Crippen molar-refractivity contribution in [1.29, 1.82) is 0 Å². The van der Waals surface area contributed by atoms with Crippen LogP contribution in [0.3, 0.4) is 0 Å². The van der Waals surface area contributed by atoms with Crippen molar-refractivity contribution in [2.75, 3.05) is 31.1 Å². The molecule has 0 saturated carbocycles. The Kier molecular flexibility index (Phi) is 2.84. The fraction of sp³-hybridized carbons (Fsp3) is 0.643. The molecule has 1 spiro atoms. The molecule has 0 atom stereocenters. The number of anilines is 1. The lowest BCUT2D eigenvalue weighted by atomic mass is 9.73. The number of hydrogen-bond donors (Lipinski definition) is 0. The largest absolute Gasteiger partial charge is 0.444 e. The van der Waals surface area contributed by atoms with E-state index >= 15 is 0 Å². The van der Waals surface area contributed by atoms with Crippen LogP contribution in [0.15, 0.2) is 18.6 Å². The summed E-state index contributed by atoms with van der Waals surface area (Å²) in [6.45, 7) is 9.09. The Balaban J connectivity index is 1.49. The summed E-state index contributed by atoms with van der Waals surface area (Å²) >= 11 is 0. The molecule has 6 nitrogen and oxygen atoms in total. The van der Waals surface area contributed by atoms with Gasteiger partial charge in [-0.15, -0.1) is 0 Å². The van der Waals surface area contributed by atoms with Crippen LogP contribution in [0.2, 0.25) is 0 Å². The molecule has 0 bridgehead atoms. The molecular formula is C14H20N4O2. The van der Waals surface area contributed by atoms with Crippen LogP contribution in [-0.2, 0) is 4.74 Å². The molecule has 6 heteroatoms. The number of likely N-dealkylation sites (tertiary alicyclic amines) is 1. The van der Waals surface area contributed by atoms with Crippen molar-refractivity contribution in [3.63, 3.8) is 0 Å². The van der Waals surface area contributed by atoms with E-state index in [1.807, 2.05) is 20.8 Å². The monoisotopic (exact) mass is 276 g/mol. The smallest absolute Gasteiger partial charge is 0.410 e. The van der Waals surface area contributed by atoms with Crippen molar-refractivity contribution in [3.05, 3.63) is 18.6 Å². The zero-order valence-corrected chi connectivity index (χ0v) is 12.2. The van der Waals surface area contributed by atoms with Crippen LogP contribution in [0.1, 0.15) is 20.8 Å². The lowest BCUT2D eigenvalue weighted by Gasteiger charge is -2.60. The molecule has 2 saturated heterocycles. The molecule has 20 heavy (non-hydrogen) atoms. The second-order valence-corrected chi connectivity index (χ2v) is 6.76. The quantitative estimate of drug-likeness (QED) is 0.778. The second-order valence-electron chi connectivity index (χ2n) is 6.76. The molecule has 2 aliphatic rings. The highest BCUT2D eigenvalue weighted by molar-refractivity contribution is 5.70. The Morgan fingerprint density at radius 1 is 1.25 bits per heavy atom. The van der Waals surface area contributed by atoms with Crippen molar-refractivity contribution in [3.8, 4) is 0 Å². The van der Waals surface area contributed by atoms with Crippen molar-refractivity contribution >= 4 is 11.9 Å². The number of carbonyl (C=O) groups excluding carboxylic acids is 1. The summed E-state index contributed by atoms with van der Waals surface area (Å²) in [4.78, 5) is 24.2. The number of carbonyl (C=O) groups is 1. The van der Waals surface area contributed by atoms with E-state index in [0.29, 0.717) is 0 Å². The first-order valence-corrected chi connectivity index (χ1v) is 6.86. The van der Waals surface area contributed by atoms with Gasteiger partial charge in [0.15, 0.2) is 0 Å². The molecule has 0 aromatic carbocycles. The van der Waals surface area contributed by atoms with Gasteiger partial charge in [0, 0.05) is 44.0 Å². The summed E-state index contributed by atoms with van der Waals surface area (Å²) in [6.07, 6.45) is 4.94. The maximum absolute atomic E-state index is 11.9. The van der Waals surface area contributed by atoms with Crippen LogP contribution >= 0.6 is 0 Å². The highest BCUT2D eigenvalue weighted by Crippen LogP contribution is 2.41. The Hall–Kier alpha value is -1.85. The minimum atomic E-state index is -0.425. The molecule has 0 aliphatic carbocycles. The molecule has 2 aliphatic heterocycles. The Labute approximate surface area is 118 Å². The van der Waals surface area contributed by atoms with Crippen LogP contribution in [0.4, 0.5) is 10.6 Å². The normalized spacial score (nSPS) is 20.4. The number of hydrogen-bond acceptors (Lipinski definition) is 5. The minimum Gasteiger partial charge on any atom is -0.444 e. The van der Waals surface area contributed by atoms with Gasteiger partial charge in [0.2, 0.25) is 0 Å². The first-order chi connectivity index (χ1) is 9.37. The number of ether oxygens (including phenoxy) is 1. The second kappa shape index (κ2) is 4.33. The Bertz CT molecular complexity index is 498. The van der Waals surface area contributed by atoms with E-state index in [1.54, 1.807) is 23.5 Å². The van der Waals surface area contributed by atoms with Gasteiger partial charge in [0.1, 0.15) is 11.4 Å². The Morgan fingerprint density at radius 3 is 2.50 bits per heavy atom. The number of amides is 1.